The van der Waals surface area contributed by atoms with Crippen molar-refractivity contribution in [3.05, 3.63) is 40.1 Å². The normalized spacial score (nSPS) is 10.8. The average molecular weight is 285 g/mol. The highest BCUT2D eigenvalue weighted by Gasteiger charge is 2.07. The lowest BCUT2D eigenvalue weighted by Crippen LogP contribution is -2.12. The molecule has 0 aliphatic rings. The summed E-state index contributed by atoms with van der Waals surface area (Å²) in [5.41, 5.74) is 0.767. The lowest BCUT2D eigenvalue weighted by molar-refractivity contribution is 0.629. The zero-order valence-corrected chi connectivity index (χ0v) is 11.6. The molecule has 0 radical (unpaired) electrons. The van der Waals surface area contributed by atoms with Crippen molar-refractivity contribution in [3.8, 4) is 10.6 Å². The molecule has 5 heteroatoms. The Balaban J connectivity index is 2.11. The van der Waals surface area contributed by atoms with E-state index in [4.69, 9.17) is 11.6 Å². The van der Waals surface area contributed by atoms with Gasteiger partial charge in [0.2, 0.25) is 0 Å². The van der Waals surface area contributed by atoms with Gasteiger partial charge in [-0.05, 0) is 25.1 Å². The summed E-state index contributed by atoms with van der Waals surface area (Å²) in [6.07, 6.45) is 2.93. The monoisotopic (exact) mass is 284 g/mol. The van der Waals surface area contributed by atoms with E-state index in [0.717, 1.165) is 35.0 Å². The van der Waals surface area contributed by atoms with Crippen molar-refractivity contribution in [2.75, 3.05) is 6.54 Å². The van der Waals surface area contributed by atoms with Gasteiger partial charge < -0.3 is 5.32 Å². The average Bonchev–Trinajstić information content (AvgIpc) is 2.82. The SMILES string of the molecule is CCCNCc1cnc(-c2ccc(Cl)c(F)c2)s1. The fourth-order valence-electron chi connectivity index (χ4n) is 1.54. The van der Waals surface area contributed by atoms with Crippen molar-refractivity contribution in [2.24, 2.45) is 0 Å². The van der Waals surface area contributed by atoms with Crippen molar-refractivity contribution in [3.63, 3.8) is 0 Å². The number of aromatic nitrogens is 1. The largest absolute Gasteiger partial charge is 0.312 e. The number of benzene rings is 1. The van der Waals surface area contributed by atoms with Crippen molar-refractivity contribution >= 4 is 22.9 Å². The molecule has 1 aromatic carbocycles. The van der Waals surface area contributed by atoms with Crippen LogP contribution < -0.4 is 5.32 Å². The van der Waals surface area contributed by atoms with Crippen molar-refractivity contribution < 1.29 is 4.39 Å². The van der Waals surface area contributed by atoms with E-state index in [2.05, 4.69) is 17.2 Å². The van der Waals surface area contributed by atoms with E-state index in [1.54, 1.807) is 23.5 Å². The van der Waals surface area contributed by atoms with Gasteiger partial charge in [0.15, 0.2) is 0 Å². The van der Waals surface area contributed by atoms with Crippen LogP contribution in [0.25, 0.3) is 10.6 Å². The summed E-state index contributed by atoms with van der Waals surface area (Å²) < 4.78 is 13.4. The molecule has 0 atom stereocenters. The molecule has 2 aromatic rings. The zero-order chi connectivity index (χ0) is 13.0. The van der Waals surface area contributed by atoms with Crippen molar-refractivity contribution in [2.45, 2.75) is 19.9 Å². The maximum atomic E-state index is 13.4. The Morgan fingerprint density at radius 2 is 2.28 bits per heavy atom. The van der Waals surface area contributed by atoms with Gasteiger partial charge in [0.25, 0.3) is 0 Å². The van der Waals surface area contributed by atoms with Crippen LogP contribution in [0.5, 0.6) is 0 Å². The molecular weight excluding hydrogens is 271 g/mol. The third-order valence-electron chi connectivity index (χ3n) is 2.45. The first-order chi connectivity index (χ1) is 8.70. The Bertz CT molecular complexity index is 527. The number of hydrogen-bond acceptors (Lipinski definition) is 3. The van der Waals surface area contributed by atoms with E-state index in [1.807, 2.05) is 6.20 Å². The van der Waals surface area contributed by atoms with E-state index in [0.29, 0.717) is 0 Å². The van der Waals surface area contributed by atoms with Crippen LogP contribution in [0.15, 0.2) is 24.4 Å². The lowest BCUT2D eigenvalue weighted by Gasteiger charge is -1.99. The van der Waals surface area contributed by atoms with Gasteiger partial charge in [-0.15, -0.1) is 11.3 Å². The Labute approximate surface area is 115 Å². The molecule has 0 amide bonds. The van der Waals surface area contributed by atoms with Crippen LogP contribution in [0, 0.1) is 5.82 Å². The topological polar surface area (TPSA) is 24.9 Å². The van der Waals surface area contributed by atoms with Crippen molar-refractivity contribution in [1.29, 1.82) is 0 Å². The number of rotatable bonds is 5. The molecule has 0 unspecified atom stereocenters. The molecule has 0 aliphatic heterocycles. The predicted octanol–water partition coefficient (Wildman–Crippen LogP) is 4.10. The fourth-order valence-corrected chi connectivity index (χ4v) is 2.54. The first kappa shape index (κ1) is 13.5. The number of nitrogens with one attached hydrogen (secondary N) is 1. The second kappa shape index (κ2) is 6.27. The molecule has 0 saturated heterocycles. The van der Waals surface area contributed by atoms with E-state index in [-0.39, 0.29) is 5.02 Å². The number of halogens is 2. The predicted molar refractivity (Wildman–Crippen MR) is 74.5 cm³/mol. The summed E-state index contributed by atoms with van der Waals surface area (Å²) in [5, 5.41) is 4.27. The minimum atomic E-state index is -0.407. The maximum absolute atomic E-state index is 13.4. The van der Waals surface area contributed by atoms with Crippen LogP contribution in [-0.2, 0) is 6.54 Å². The molecule has 0 saturated carbocycles. The highest BCUT2D eigenvalue weighted by atomic mass is 35.5. The maximum Gasteiger partial charge on any atom is 0.142 e. The van der Waals surface area contributed by atoms with E-state index < -0.39 is 5.82 Å². The minimum Gasteiger partial charge on any atom is -0.312 e. The van der Waals surface area contributed by atoms with Gasteiger partial charge in [-0.1, -0.05) is 24.6 Å². The summed E-state index contributed by atoms with van der Waals surface area (Å²) in [4.78, 5) is 5.45. The third-order valence-corrected chi connectivity index (χ3v) is 3.80. The Morgan fingerprint density at radius 1 is 1.44 bits per heavy atom. The van der Waals surface area contributed by atoms with Crippen molar-refractivity contribution in [1.82, 2.24) is 10.3 Å². The summed E-state index contributed by atoms with van der Waals surface area (Å²) in [5.74, 6) is -0.407. The summed E-state index contributed by atoms with van der Waals surface area (Å²) >= 11 is 7.22. The Kier molecular flexibility index (Phi) is 4.69. The fraction of sp³-hybridized carbons (Fsp3) is 0.308. The lowest BCUT2D eigenvalue weighted by atomic mass is 10.2. The van der Waals surface area contributed by atoms with Gasteiger partial charge in [-0.2, -0.15) is 0 Å². The van der Waals surface area contributed by atoms with Crippen LogP contribution in [-0.4, -0.2) is 11.5 Å². The first-order valence-corrected chi connectivity index (χ1v) is 7.01. The summed E-state index contributed by atoms with van der Waals surface area (Å²) in [6.45, 7) is 3.92. The second-order valence-corrected chi connectivity index (χ2v) is 5.46. The molecule has 1 aromatic heterocycles. The number of thiazole rings is 1. The highest BCUT2D eigenvalue weighted by molar-refractivity contribution is 7.15. The van der Waals surface area contributed by atoms with E-state index in [9.17, 15) is 4.39 Å². The molecule has 1 N–H and O–H groups in total. The van der Waals surface area contributed by atoms with Gasteiger partial charge in [0.05, 0.1) is 5.02 Å². The molecule has 0 aliphatic carbocycles. The quantitative estimate of drug-likeness (QED) is 0.836. The molecule has 0 spiro atoms. The number of hydrogen-bond donors (Lipinski definition) is 1. The molecule has 18 heavy (non-hydrogen) atoms. The molecule has 0 fully saturated rings. The summed E-state index contributed by atoms with van der Waals surface area (Å²) in [6, 6.07) is 4.76. The van der Waals surface area contributed by atoms with E-state index >= 15 is 0 Å². The first-order valence-electron chi connectivity index (χ1n) is 5.81. The zero-order valence-electron chi connectivity index (χ0n) is 10.0. The Morgan fingerprint density at radius 3 is 3.00 bits per heavy atom. The smallest absolute Gasteiger partial charge is 0.142 e. The van der Waals surface area contributed by atoms with Gasteiger partial charge in [-0.3, -0.25) is 0 Å². The van der Waals surface area contributed by atoms with Gasteiger partial charge in [0.1, 0.15) is 10.8 Å². The molecule has 0 bridgehead atoms. The highest BCUT2D eigenvalue weighted by Crippen LogP contribution is 2.27. The van der Waals surface area contributed by atoms with Gasteiger partial charge in [0, 0.05) is 23.2 Å². The van der Waals surface area contributed by atoms with Crippen LogP contribution in [0.4, 0.5) is 4.39 Å². The molecule has 2 rings (SSSR count). The summed E-state index contributed by atoms with van der Waals surface area (Å²) in [7, 11) is 0. The van der Waals surface area contributed by atoms with Crippen LogP contribution >= 0.6 is 22.9 Å². The van der Waals surface area contributed by atoms with Gasteiger partial charge in [-0.25, -0.2) is 9.37 Å². The standard InChI is InChI=1S/C13H14ClFN2S/c1-2-5-16-7-10-8-17-13(18-10)9-3-4-11(14)12(15)6-9/h3-4,6,8,16H,2,5,7H2,1H3. The third kappa shape index (κ3) is 3.28. The second-order valence-electron chi connectivity index (χ2n) is 3.94. The molecule has 96 valence electrons. The number of nitrogens with zero attached hydrogens (tertiary/aromatic N) is 1. The Hall–Kier alpha value is -0.970. The van der Waals surface area contributed by atoms with Gasteiger partial charge >= 0.3 is 0 Å². The van der Waals surface area contributed by atoms with Crippen LogP contribution in [0.1, 0.15) is 18.2 Å². The van der Waals surface area contributed by atoms with Crippen LogP contribution in [0.3, 0.4) is 0 Å². The van der Waals surface area contributed by atoms with E-state index in [1.165, 1.54) is 6.07 Å². The molecule has 1 heterocycles. The molecular formula is C13H14ClFN2S. The molecule has 2 nitrogen and oxygen atoms in total. The minimum absolute atomic E-state index is 0.139. The van der Waals surface area contributed by atoms with Crippen LogP contribution in [0.2, 0.25) is 5.02 Å².